The van der Waals surface area contributed by atoms with Gasteiger partial charge in [0.1, 0.15) is 0 Å². The van der Waals surface area contributed by atoms with Gasteiger partial charge in [0.2, 0.25) is 0 Å². The molecule has 0 N–H and O–H groups in total. The van der Waals surface area contributed by atoms with Crippen LogP contribution in [0.4, 0.5) is 0 Å². The molecule has 0 saturated heterocycles. The Kier molecular flexibility index (Phi) is 2.49. The number of carbonyl (C=O) groups is 1. The number of thiophene rings is 1. The first kappa shape index (κ1) is 10.2. The molecule has 0 aliphatic rings. The predicted octanol–water partition coefficient (Wildman–Crippen LogP) is 2.79. The third-order valence-corrected chi connectivity index (χ3v) is 3.19. The van der Waals surface area contributed by atoms with E-state index in [0.29, 0.717) is 0 Å². The molecule has 2 aromatic rings. The minimum absolute atomic E-state index is 0.0358. The van der Waals surface area contributed by atoms with Crippen LogP contribution in [0, 0.1) is 6.92 Å². The van der Waals surface area contributed by atoms with Gasteiger partial charge < -0.3 is 4.90 Å². The van der Waals surface area contributed by atoms with Gasteiger partial charge in [-0.1, -0.05) is 0 Å². The molecule has 1 aromatic carbocycles. The van der Waals surface area contributed by atoms with Gasteiger partial charge in [-0.3, -0.25) is 4.79 Å². The minimum Gasteiger partial charge on any atom is -0.345 e. The largest absolute Gasteiger partial charge is 0.345 e. The molecule has 0 fully saturated rings. The Morgan fingerprint density at radius 1 is 1.33 bits per heavy atom. The molecule has 77 valence electrons. The molecule has 0 atom stereocenters. The zero-order valence-electron chi connectivity index (χ0n) is 8.78. The van der Waals surface area contributed by atoms with Gasteiger partial charge in [0.15, 0.2) is 0 Å². The van der Waals surface area contributed by atoms with Crippen LogP contribution in [0.5, 0.6) is 0 Å². The Morgan fingerprint density at radius 3 is 2.73 bits per heavy atom. The molecule has 0 unspecified atom stereocenters. The Bertz CT molecular complexity index is 513. The molecule has 0 aliphatic carbocycles. The summed E-state index contributed by atoms with van der Waals surface area (Å²) >= 11 is 1.64. The summed E-state index contributed by atoms with van der Waals surface area (Å²) in [7, 11) is 3.51. The third-order valence-electron chi connectivity index (χ3n) is 2.22. The zero-order valence-corrected chi connectivity index (χ0v) is 9.60. The van der Waals surface area contributed by atoms with Crippen LogP contribution < -0.4 is 0 Å². The van der Waals surface area contributed by atoms with Crippen LogP contribution in [0.1, 0.15) is 15.2 Å². The highest BCUT2D eigenvalue weighted by Gasteiger charge is 2.08. The van der Waals surface area contributed by atoms with Gasteiger partial charge in [0, 0.05) is 29.2 Å². The maximum absolute atomic E-state index is 11.7. The number of hydrogen-bond donors (Lipinski definition) is 0. The Morgan fingerprint density at radius 2 is 2.07 bits per heavy atom. The second-order valence-corrected chi connectivity index (χ2v) is 4.83. The molecule has 15 heavy (non-hydrogen) atoms. The van der Waals surface area contributed by atoms with Crippen LogP contribution >= 0.6 is 11.3 Å². The lowest BCUT2D eigenvalue weighted by molar-refractivity contribution is 0.0828. The predicted molar refractivity (Wildman–Crippen MR) is 64.3 cm³/mol. The summed E-state index contributed by atoms with van der Waals surface area (Å²) in [6.45, 7) is 3.89. The lowest BCUT2D eigenvalue weighted by Gasteiger charge is -2.09. The maximum Gasteiger partial charge on any atom is 0.253 e. The van der Waals surface area contributed by atoms with Gasteiger partial charge in [0.05, 0.1) is 0 Å². The van der Waals surface area contributed by atoms with E-state index in [2.05, 4.69) is 6.92 Å². The van der Waals surface area contributed by atoms with Crippen molar-refractivity contribution >= 4 is 27.3 Å². The second kappa shape index (κ2) is 3.66. The summed E-state index contributed by atoms with van der Waals surface area (Å²) in [6.07, 6.45) is 0. The van der Waals surface area contributed by atoms with Crippen molar-refractivity contribution in [2.45, 2.75) is 0 Å². The Hall–Kier alpha value is -1.35. The first-order valence-electron chi connectivity index (χ1n) is 4.65. The Labute approximate surface area is 93.1 Å². The summed E-state index contributed by atoms with van der Waals surface area (Å²) < 4.78 is 1.18. The number of benzene rings is 1. The van der Waals surface area contributed by atoms with Gasteiger partial charge >= 0.3 is 0 Å². The fourth-order valence-corrected chi connectivity index (χ4v) is 2.33. The van der Waals surface area contributed by atoms with E-state index < -0.39 is 0 Å². The molecular weight excluding hydrogens is 206 g/mol. The molecular formula is C12H12NOS. The van der Waals surface area contributed by atoms with Crippen molar-refractivity contribution < 1.29 is 4.79 Å². The number of carbonyl (C=O) groups excluding carboxylic acids is 1. The highest BCUT2D eigenvalue weighted by Crippen LogP contribution is 2.25. The lowest BCUT2D eigenvalue weighted by atomic mass is 10.1. The van der Waals surface area contributed by atoms with Crippen LogP contribution in [0.15, 0.2) is 24.3 Å². The molecule has 1 amide bonds. The van der Waals surface area contributed by atoms with Crippen molar-refractivity contribution in [1.29, 1.82) is 0 Å². The van der Waals surface area contributed by atoms with Crippen molar-refractivity contribution in [1.82, 2.24) is 4.90 Å². The van der Waals surface area contributed by atoms with Gasteiger partial charge in [-0.05, 0) is 36.6 Å². The van der Waals surface area contributed by atoms with E-state index in [0.717, 1.165) is 15.8 Å². The fraction of sp³-hybridized carbons (Fsp3) is 0.167. The molecule has 0 saturated carbocycles. The SMILES string of the molecule is [CH2]c1cc2cc(C(=O)N(C)C)ccc2s1. The topological polar surface area (TPSA) is 20.3 Å². The van der Waals surface area contributed by atoms with E-state index in [-0.39, 0.29) is 5.91 Å². The quantitative estimate of drug-likeness (QED) is 0.720. The first-order chi connectivity index (χ1) is 7.08. The van der Waals surface area contributed by atoms with Gasteiger partial charge in [-0.2, -0.15) is 0 Å². The van der Waals surface area contributed by atoms with Crippen molar-refractivity contribution in [2.24, 2.45) is 0 Å². The monoisotopic (exact) mass is 218 g/mol. The molecule has 3 heteroatoms. The number of hydrogen-bond acceptors (Lipinski definition) is 2. The van der Waals surface area contributed by atoms with E-state index in [4.69, 9.17) is 0 Å². The van der Waals surface area contributed by atoms with Crippen LogP contribution in [0.3, 0.4) is 0 Å². The van der Waals surface area contributed by atoms with E-state index in [1.54, 1.807) is 30.3 Å². The lowest BCUT2D eigenvalue weighted by Crippen LogP contribution is -2.21. The molecule has 2 nitrogen and oxygen atoms in total. The summed E-state index contributed by atoms with van der Waals surface area (Å²) in [5, 5.41) is 1.10. The summed E-state index contributed by atoms with van der Waals surface area (Å²) in [6, 6.07) is 7.77. The van der Waals surface area contributed by atoms with Crippen molar-refractivity contribution in [3.8, 4) is 0 Å². The zero-order chi connectivity index (χ0) is 11.0. The summed E-state index contributed by atoms with van der Waals surface area (Å²) in [4.78, 5) is 14.3. The second-order valence-electron chi connectivity index (χ2n) is 3.66. The average Bonchev–Trinajstić information content (AvgIpc) is 2.55. The van der Waals surface area contributed by atoms with Crippen LogP contribution in [0.2, 0.25) is 0 Å². The van der Waals surface area contributed by atoms with E-state index in [1.165, 1.54) is 4.70 Å². The number of rotatable bonds is 1. The van der Waals surface area contributed by atoms with Gasteiger partial charge in [0.25, 0.3) is 5.91 Å². The van der Waals surface area contributed by atoms with Crippen molar-refractivity contribution in [2.75, 3.05) is 14.1 Å². The number of amides is 1. The van der Waals surface area contributed by atoms with Crippen molar-refractivity contribution in [3.05, 3.63) is 41.6 Å². The van der Waals surface area contributed by atoms with E-state index in [1.807, 2.05) is 24.3 Å². The number of fused-ring (bicyclic) bond motifs is 1. The van der Waals surface area contributed by atoms with Gasteiger partial charge in [-0.15, -0.1) is 11.3 Å². The van der Waals surface area contributed by atoms with Crippen LogP contribution in [0.25, 0.3) is 10.1 Å². The smallest absolute Gasteiger partial charge is 0.253 e. The first-order valence-corrected chi connectivity index (χ1v) is 5.47. The maximum atomic E-state index is 11.7. The summed E-state index contributed by atoms with van der Waals surface area (Å²) in [5.74, 6) is 0.0358. The molecule has 0 aliphatic heterocycles. The third kappa shape index (κ3) is 1.88. The molecule has 0 spiro atoms. The highest BCUT2D eigenvalue weighted by molar-refractivity contribution is 7.19. The average molecular weight is 218 g/mol. The van der Waals surface area contributed by atoms with Crippen LogP contribution in [-0.2, 0) is 0 Å². The standard InChI is InChI=1S/C12H12NOS/c1-8-6-10-7-9(12(14)13(2)3)4-5-11(10)15-8/h4-7H,1H2,2-3H3. The molecule has 1 heterocycles. The normalized spacial score (nSPS) is 10.6. The van der Waals surface area contributed by atoms with Gasteiger partial charge in [-0.25, -0.2) is 0 Å². The Balaban J connectivity index is 2.51. The molecule has 1 radical (unpaired) electrons. The highest BCUT2D eigenvalue weighted by atomic mass is 32.1. The molecule has 1 aromatic heterocycles. The number of nitrogens with zero attached hydrogens (tertiary/aromatic N) is 1. The van der Waals surface area contributed by atoms with E-state index >= 15 is 0 Å². The molecule has 0 bridgehead atoms. The minimum atomic E-state index is 0.0358. The summed E-state index contributed by atoms with van der Waals surface area (Å²) in [5.41, 5.74) is 0.727. The fourth-order valence-electron chi connectivity index (χ4n) is 1.49. The van der Waals surface area contributed by atoms with Crippen molar-refractivity contribution in [3.63, 3.8) is 0 Å². The molecule has 2 rings (SSSR count). The van der Waals surface area contributed by atoms with E-state index in [9.17, 15) is 4.79 Å². The van der Waals surface area contributed by atoms with Crippen LogP contribution in [-0.4, -0.2) is 24.9 Å².